The van der Waals surface area contributed by atoms with E-state index in [1.807, 2.05) is 4.72 Å². The van der Waals surface area contributed by atoms with Crippen molar-refractivity contribution in [1.29, 1.82) is 5.26 Å². The van der Waals surface area contributed by atoms with Gasteiger partial charge < -0.3 is 20.1 Å². The van der Waals surface area contributed by atoms with Crippen molar-refractivity contribution in [1.82, 2.24) is 4.72 Å². The lowest BCUT2D eigenvalue weighted by Crippen LogP contribution is -2.35. The normalized spacial score (nSPS) is 15.5. The summed E-state index contributed by atoms with van der Waals surface area (Å²) in [5.41, 5.74) is 0.784. The molecule has 9 nitrogen and oxygen atoms in total. The molecule has 4 N–H and O–H groups in total. The summed E-state index contributed by atoms with van der Waals surface area (Å²) >= 11 is 0. The molecule has 1 atom stereocenters. The summed E-state index contributed by atoms with van der Waals surface area (Å²) in [6.45, 7) is 6.97. The molecule has 2 amide bonds. The second-order valence-electron chi connectivity index (χ2n) is 8.23. The van der Waals surface area contributed by atoms with E-state index in [0.29, 0.717) is 5.56 Å². The van der Waals surface area contributed by atoms with Crippen LogP contribution in [0, 0.1) is 17.1 Å². The fraction of sp³-hybridized carbons (Fsp3) is 0.333. The first-order chi connectivity index (χ1) is 15.4. The maximum Gasteiger partial charge on any atom is 0.493 e. The van der Waals surface area contributed by atoms with Crippen LogP contribution in [0.15, 0.2) is 29.2 Å². The summed E-state index contributed by atoms with van der Waals surface area (Å²) in [5, 5.41) is 31.2. The second kappa shape index (κ2) is 9.11. The molecule has 0 fully saturated rings. The number of hydrogen-bond donors (Lipinski definition) is 4. The Hall–Kier alpha value is -2.98. The number of aliphatic hydroxyl groups is 1. The van der Waals surface area contributed by atoms with Crippen LogP contribution in [0.1, 0.15) is 68.1 Å². The summed E-state index contributed by atoms with van der Waals surface area (Å²) < 4.78 is 47.1. The predicted molar refractivity (Wildman–Crippen MR) is 119 cm³/mol. The molecule has 2 aromatic carbocycles. The highest BCUT2D eigenvalue weighted by Gasteiger charge is 2.35. The van der Waals surface area contributed by atoms with Crippen LogP contribution in [0.3, 0.4) is 0 Å². The minimum atomic E-state index is -4.39. The highest BCUT2D eigenvalue weighted by Crippen LogP contribution is 2.36. The predicted octanol–water partition coefficient (Wildman–Crippen LogP) is 2.16. The van der Waals surface area contributed by atoms with Crippen molar-refractivity contribution in [2.24, 2.45) is 0 Å². The number of nitrogens with one attached hydrogen (secondary N) is 2. The molecule has 0 aliphatic carbocycles. The molecule has 3 rings (SSSR count). The van der Waals surface area contributed by atoms with E-state index in [-0.39, 0.29) is 38.7 Å². The maximum absolute atomic E-state index is 14.9. The number of fused-ring (bicyclic) bond motifs is 1. The smallest absolute Gasteiger partial charge is 0.423 e. The molecule has 1 aliphatic heterocycles. The number of aliphatic hydroxyl groups excluding tert-OH is 1. The van der Waals surface area contributed by atoms with Crippen LogP contribution in [-0.4, -0.2) is 31.7 Å². The molecule has 0 bridgehead atoms. The van der Waals surface area contributed by atoms with Gasteiger partial charge >= 0.3 is 13.1 Å². The second-order valence-corrected chi connectivity index (χ2v) is 9.91. The van der Waals surface area contributed by atoms with Crippen molar-refractivity contribution in [2.75, 3.05) is 5.32 Å². The molecule has 0 aromatic heterocycles. The number of benzene rings is 2. The zero-order chi connectivity index (χ0) is 24.7. The number of sulfonamides is 1. The number of anilines is 1. The fourth-order valence-electron chi connectivity index (χ4n) is 3.67. The van der Waals surface area contributed by atoms with Crippen LogP contribution in [0.5, 0.6) is 0 Å². The van der Waals surface area contributed by atoms with Gasteiger partial charge in [0.25, 0.3) is 10.0 Å². The van der Waals surface area contributed by atoms with Crippen LogP contribution < -0.4 is 15.5 Å². The molecule has 0 saturated heterocycles. The lowest BCUT2D eigenvalue weighted by atomic mass is 9.80. The lowest BCUT2D eigenvalue weighted by molar-refractivity contribution is -0.0220. The van der Waals surface area contributed by atoms with Crippen LogP contribution >= 0.6 is 0 Å². The molecule has 0 spiro atoms. The third-order valence-electron chi connectivity index (χ3n) is 5.27. The van der Waals surface area contributed by atoms with Crippen molar-refractivity contribution in [3.63, 3.8) is 0 Å². The van der Waals surface area contributed by atoms with Gasteiger partial charge in [0.05, 0.1) is 16.1 Å². The van der Waals surface area contributed by atoms with E-state index in [9.17, 15) is 33.0 Å². The number of halogens is 1. The third kappa shape index (κ3) is 4.72. The average Bonchev–Trinajstić information content (AvgIpc) is 3.00. The molecule has 33 heavy (non-hydrogen) atoms. The quantitative estimate of drug-likeness (QED) is 0.485. The van der Waals surface area contributed by atoms with Crippen LogP contribution in [0.2, 0.25) is 0 Å². The molecule has 0 saturated carbocycles. The van der Waals surface area contributed by atoms with Gasteiger partial charge in [-0.3, -0.25) is 0 Å². The van der Waals surface area contributed by atoms with Crippen LogP contribution in [-0.2, 0) is 14.7 Å². The first-order valence-electron chi connectivity index (χ1n) is 10.1. The summed E-state index contributed by atoms with van der Waals surface area (Å²) in [6.07, 6.45) is -1.51. The van der Waals surface area contributed by atoms with Gasteiger partial charge in [0.15, 0.2) is 6.29 Å². The first-order valence-corrected chi connectivity index (χ1v) is 11.6. The Balaban J connectivity index is 1.95. The molecule has 1 heterocycles. The fourth-order valence-corrected chi connectivity index (χ4v) is 4.61. The van der Waals surface area contributed by atoms with Crippen molar-refractivity contribution in [2.45, 2.75) is 50.7 Å². The van der Waals surface area contributed by atoms with Gasteiger partial charge in [-0.25, -0.2) is 22.3 Å². The van der Waals surface area contributed by atoms with Crippen molar-refractivity contribution >= 4 is 34.3 Å². The minimum Gasteiger partial charge on any atom is -0.423 e. The monoisotopic (exact) mass is 475 g/mol. The molecule has 1 unspecified atom stereocenters. The highest BCUT2D eigenvalue weighted by atomic mass is 32.2. The van der Waals surface area contributed by atoms with Gasteiger partial charge in [-0.1, -0.05) is 33.8 Å². The zero-order valence-electron chi connectivity index (χ0n) is 18.4. The number of carbonyl (C=O) groups is 1. The molecule has 0 radical (unpaired) electrons. The van der Waals surface area contributed by atoms with E-state index in [4.69, 9.17) is 4.65 Å². The van der Waals surface area contributed by atoms with Gasteiger partial charge in [0.2, 0.25) is 0 Å². The Morgan fingerprint density at radius 2 is 1.91 bits per heavy atom. The Bertz CT molecular complexity index is 1260. The number of urea groups is 1. The van der Waals surface area contributed by atoms with Gasteiger partial charge in [0.1, 0.15) is 11.9 Å². The standard InChI is InChI=1S/C21H23BFN3O6S/c1-10(2)14-7-12(9-24)18(23)17(11(3)4)19(14)25-21(28)26-33(30,31)13-5-6-16-15(8-13)20(27)32-22(16)29/h5-8,10-11,20,27,29H,1-4H3,(H2,25,26,28). The molecule has 1 aliphatic rings. The van der Waals surface area contributed by atoms with E-state index in [2.05, 4.69) is 5.32 Å². The Morgan fingerprint density at radius 1 is 1.24 bits per heavy atom. The minimum absolute atomic E-state index is 0.0594. The third-order valence-corrected chi connectivity index (χ3v) is 6.60. The van der Waals surface area contributed by atoms with Crippen molar-refractivity contribution in [3.8, 4) is 6.07 Å². The van der Waals surface area contributed by atoms with E-state index in [1.165, 1.54) is 12.1 Å². The molecule has 12 heteroatoms. The van der Waals surface area contributed by atoms with E-state index < -0.39 is 41.2 Å². The van der Waals surface area contributed by atoms with Gasteiger partial charge in [0, 0.05) is 11.1 Å². The molecular formula is C21H23BFN3O6S. The Labute approximate surface area is 191 Å². The van der Waals surface area contributed by atoms with Crippen LogP contribution in [0.4, 0.5) is 14.9 Å². The maximum atomic E-state index is 14.9. The van der Waals surface area contributed by atoms with Crippen LogP contribution in [0.25, 0.3) is 0 Å². The van der Waals surface area contributed by atoms with E-state index >= 15 is 0 Å². The Morgan fingerprint density at radius 3 is 2.48 bits per heavy atom. The summed E-state index contributed by atoms with van der Waals surface area (Å²) in [4.78, 5) is 12.3. The van der Waals surface area contributed by atoms with Crippen molar-refractivity contribution in [3.05, 3.63) is 52.3 Å². The largest absolute Gasteiger partial charge is 0.493 e. The summed E-state index contributed by atoms with van der Waals surface area (Å²) in [6, 6.07) is 5.53. The van der Waals surface area contributed by atoms with Gasteiger partial charge in [-0.2, -0.15) is 5.26 Å². The number of carbonyl (C=O) groups excluding carboxylic acids is 1. The van der Waals surface area contributed by atoms with E-state index in [1.54, 1.807) is 33.8 Å². The highest BCUT2D eigenvalue weighted by molar-refractivity contribution is 7.90. The number of nitrogens with zero attached hydrogens (tertiary/aromatic N) is 1. The van der Waals surface area contributed by atoms with Gasteiger partial charge in [-0.05, 0) is 41.1 Å². The van der Waals surface area contributed by atoms with Gasteiger partial charge in [-0.15, -0.1) is 0 Å². The topological polar surface area (TPSA) is 149 Å². The lowest BCUT2D eigenvalue weighted by Gasteiger charge is -2.22. The SMILES string of the molecule is CC(C)c1cc(C#N)c(F)c(C(C)C)c1NC(=O)NS(=O)(=O)c1ccc2c(c1)C(O)OB2O. The average molecular weight is 475 g/mol. The van der Waals surface area contributed by atoms with E-state index in [0.717, 1.165) is 12.1 Å². The number of hydrogen-bond acceptors (Lipinski definition) is 7. The Kier molecular flexibility index (Phi) is 6.81. The number of amides is 2. The first kappa shape index (κ1) is 24.7. The summed E-state index contributed by atoms with van der Waals surface area (Å²) in [5.74, 6) is -1.39. The zero-order valence-corrected chi connectivity index (χ0v) is 19.2. The molecule has 2 aromatic rings. The number of rotatable bonds is 5. The number of nitriles is 1. The summed E-state index contributed by atoms with van der Waals surface area (Å²) in [7, 11) is -5.78. The molecular weight excluding hydrogens is 452 g/mol. The molecule has 174 valence electrons. The van der Waals surface area contributed by atoms with Crippen molar-refractivity contribution < 1.29 is 32.4 Å².